The summed E-state index contributed by atoms with van der Waals surface area (Å²) in [4.78, 5) is 12.5. The fraction of sp³-hybridized carbons (Fsp3) is 0.381. The van der Waals surface area contributed by atoms with Crippen molar-refractivity contribution >= 4 is 21.8 Å². The molecule has 146 valence electrons. The van der Waals surface area contributed by atoms with Crippen molar-refractivity contribution in [2.45, 2.75) is 25.8 Å². The highest BCUT2D eigenvalue weighted by Crippen LogP contribution is 2.21. The maximum Gasteiger partial charge on any atom is 0.251 e. The maximum absolute atomic E-state index is 12.5. The molecule has 5 nitrogen and oxygen atoms in total. The van der Waals surface area contributed by atoms with Crippen molar-refractivity contribution in [1.29, 1.82) is 0 Å². The highest BCUT2D eigenvalue weighted by atomic mass is 79.9. The lowest BCUT2D eigenvalue weighted by molar-refractivity contribution is -0.0556. The fourth-order valence-electron chi connectivity index (χ4n) is 2.42. The minimum Gasteiger partial charge on any atom is -0.457 e. The Balaban J connectivity index is 1.89. The van der Waals surface area contributed by atoms with Gasteiger partial charge in [0.15, 0.2) is 0 Å². The molecule has 6 heteroatoms. The lowest BCUT2D eigenvalue weighted by atomic mass is 10.1. The van der Waals surface area contributed by atoms with E-state index >= 15 is 0 Å². The Morgan fingerprint density at radius 2 is 1.74 bits per heavy atom. The molecule has 0 aliphatic carbocycles. The number of carbonyl (C=O) groups is 1. The van der Waals surface area contributed by atoms with Gasteiger partial charge in [-0.2, -0.15) is 0 Å². The number of ether oxygens (including phenoxy) is 3. The molecular formula is C21H26BrNO4. The minimum absolute atomic E-state index is 0.0595. The van der Waals surface area contributed by atoms with Gasteiger partial charge in [0, 0.05) is 17.5 Å². The van der Waals surface area contributed by atoms with Gasteiger partial charge in [0.25, 0.3) is 5.91 Å². The Labute approximate surface area is 169 Å². The van der Waals surface area contributed by atoms with Crippen molar-refractivity contribution in [1.82, 2.24) is 5.32 Å². The van der Waals surface area contributed by atoms with Crippen molar-refractivity contribution < 1.29 is 19.0 Å². The number of hydrogen-bond donors (Lipinski definition) is 1. The van der Waals surface area contributed by atoms with E-state index in [9.17, 15) is 4.79 Å². The Kier molecular flexibility index (Phi) is 9.90. The van der Waals surface area contributed by atoms with E-state index in [0.717, 1.165) is 23.9 Å². The van der Waals surface area contributed by atoms with Crippen LogP contribution < -0.4 is 10.1 Å². The van der Waals surface area contributed by atoms with E-state index in [2.05, 4.69) is 21.2 Å². The van der Waals surface area contributed by atoms with Crippen LogP contribution in [0.15, 0.2) is 54.6 Å². The molecule has 0 aromatic heterocycles. The highest BCUT2D eigenvalue weighted by molar-refractivity contribution is 9.09. The number of alkyl halides is 1. The number of halogens is 1. The van der Waals surface area contributed by atoms with E-state index in [1.165, 1.54) is 0 Å². The molecule has 2 rings (SSSR count). The molecule has 0 saturated carbocycles. The van der Waals surface area contributed by atoms with Gasteiger partial charge in [-0.05, 0) is 56.2 Å². The van der Waals surface area contributed by atoms with Gasteiger partial charge in [-0.25, -0.2) is 0 Å². The largest absolute Gasteiger partial charge is 0.457 e. The third kappa shape index (κ3) is 8.12. The minimum atomic E-state index is -0.124. The molecule has 0 heterocycles. The topological polar surface area (TPSA) is 56.8 Å². The molecule has 1 N–H and O–H groups in total. The smallest absolute Gasteiger partial charge is 0.251 e. The van der Waals surface area contributed by atoms with Gasteiger partial charge in [-0.1, -0.05) is 34.1 Å². The quantitative estimate of drug-likeness (QED) is 0.296. The molecule has 1 amide bonds. The van der Waals surface area contributed by atoms with Crippen molar-refractivity contribution in [2.75, 3.05) is 25.3 Å². The monoisotopic (exact) mass is 435 g/mol. The van der Waals surface area contributed by atoms with Gasteiger partial charge in [-0.3, -0.25) is 4.79 Å². The molecule has 0 bridgehead atoms. The SMILES string of the molecule is CCOCOC[C@H](CCCBr)NC(=O)c1ccc(Oc2ccccc2)cc1. The normalized spacial score (nSPS) is 11.8. The van der Waals surface area contributed by atoms with Crippen LogP contribution in [-0.2, 0) is 9.47 Å². The number of amides is 1. The second-order valence-corrected chi connectivity index (χ2v) is 6.72. The predicted molar refractivity (Wildman–Crippen MR) is 110 cm³/mol. The number of para-hydroxylation sites is 1. The number of benzene rings is 2. The molecule has 0 saturated heterocycles. The number of carbonyl (C=O) groups excluding carboxylic acids is 1. The summed E-state index contributed by atoms with van der Waals surface area (Å²) < 4.78 is 16.4. The van der Waals surface area contributed by atoms with Crippen LogP contribution in [0, 0.1) is 0 Å². The summed E-state index contributed by atoms with van der Waals surface area (Å²) in [6.07, 6.45) is 1.78. The van der Waals surface area contributed by atoms with Crippen molar-refractivity contribution in [3.8, 4) is 11.5 Å². The van der Waals surface area contributed by atoms with Gasteiger partial charge in [0.05, 0.1) is 12.6 Å². The van der Waals surface area contributed by atoms with Crippen molar-refractivity contribution in [2.24, 2.45) is 0 Å². The van der Waals surface area contributed by atoms with Crippen molar-refractivity contribution in [3.63, 3.8) is 0 Å². The van der Waals surface area contributed by atoms with Crippen molar-refractivity contribution in [3.05, 3.63) is 60.2 Å². The Bertz CT molecular complexity index is 664. The summed E-state index contributed by atoms with van der Waals surface area (Å²) in [5.41, 5.74) is 0.587. The van der Waals surface area contributed by atoms with Crippen LogP contribution in [0.25, 0.3) is 0 Å². The first-order chi connectivity index (χ1) is 13.2. The van der Waals surface area contributed by atoms with Gasteiger partial charge < -0.3 is 19.5 Å². The van der Waals surface area contributed by atoms with Crippen LogP contribution in [0.1, 0.15) is 30.1 Å². The zero-order chi connectivity index (χ0) is 19.3. The van der Waals surface area contributed by atoms with E-state index < -0.39 is 0 Å². The Morgan fingerprint density at radius 3 is 2.41 bits per heavy atom. The summed E-state index contributed by atoms with van der Waals surface area (Å²) in [7, 11) is 0. The molecule has 0 fully saturated rings. The first-order valence-electron chi connectivity index (χ1n) is 9.08. The average Bonchev–Trinajstić information content (AvgIpc) is 2.70. The number of rotatable bonds is 12. The van der Waals surface area contributed by atoms with E-state index in [1.54, 1.807) is 24.3 Å². The molecule has 0 radical (unpaired) electrons. The molecule has 1 atom stereocenters. The lowest BCUT2D eigenvalue weighted by Crippen LogP contribution is -2.38. The van der Waals surface area contributed by atoms with E-state index in [0.29, 0.717) is 24.5 Å². The van der Waals surface area contributed by atoms with Gasteiger partial charge in [0.2, 0.25) is 0 Å². The van der Waals surface area contributed by atoms with Gasteiger partial charge in [-0.15, -0.1) is 0 Å². The average molecular weight is 436 g/mol. The maximum atomic E-state index is 12.5. The van der Waals surface area contributed by atoms with E-state index in [-0.39, 0.29) is 18.7 Å². The molecule has 0 spiro atoms. The molecule has 0 unspecified atom stereocenters. The van der Waals surface area contributed by atoms with Gasteiger partial charge >= 0.3 is 0 Å². The van der Waals surface area contributed by atoms with Crippen LogP contribution in [0.3, 0.4) is 0 Å². The predicted octanol–water partition coefficient (Wildman–Crippen LogP) is 4.76. The summed E-state index contributed by atoms with van der Waals surface area (Å²) in [5.74, 6) is 1.32. The lowest BCUT2D eigenvalue weighted by Gasteiger charge is -2.18. The first kappa shape index (κ1) is 21.4. The molecule has 27 heavy (non-hydrogen) atoms. The van der Waals surface area contributed by atoms with E-state index in [4.69, 9.17) is 14.2 Å². The standard InChI is InChI=1S/C21H26BrNO4/c1-2-25-16-26-15-18(7-6-14-22)23-21(24)17-10-12-20(13-11-17)27-19-8-4-3-5-9-19/h3-5,8-13,18H,2,6-7,14-16H2,1H3,(H,23,24)/t18-/m0/s1. The molecule has 2 aromatic rings. The third-order valence-electron chi connectivity index (χ3n) is 3.81. The highest BCUT2D eigenvalue weighted by Gasteiger charge is 2.14. The molecule has 0 aliphatic rings. The van der Waals surface area contributed by atoms with E-state index in [1.807, 2.05) is 37.3 Å². The molecule has 0 aliphatic heterocycles. The zero-order valence-corrected chi connectivity index (χ0v) is 17.1. The molecule has 2 aromatic carbocycles. The number of hydrogen-bond acceptors (Lipinski definition) is 4. The van der Waals surface area contributed by atoms with Crippen LogP contribution in [-0.4, -0.2) is 37.3 Å². The van der Waals surface area contributed by atoms with Crippen LogP contribution in [0.5, 0.6) is 11.5 Å². The Morgan fingerprint density at radius 1 is 1.04 bits per heavy atom. The van der Waals surface area contributed by atoms with Crippen LogP contribution in [0.4, 0.5) is 0 Å². The second kappa shape index (κ2) is 12.5. The number of nitrogens with one attached hydrogen (secondary N) is 1. The van der Waals surface area contributed by atoms with Crippen LogP contribution in [0.2, 0.25) is 0 Å². The molecular weight excluding hydrogens is 410 g/mol. The van der Waals surface area contributed by atoms with Gasteiger partial charge in [0.1, 0.15) is 18.3 Å². The summed E-state index contributed by atoms with van der Waals surface area (Å²) in [6, 6.07) is 16.6. The zero-order valence-electron chi connectivity index (χ0n) is 15.5. The third-order valence-corrected chi connectivity index (χ3v) is 4.37. The summed E-state index contributed by atoms with van der Waals surface area (Å²) >= 11 is 3.43. The van der Waals surface area contributed by atoms with Crippen LogP contribution >= 0.6 is 15.9 Å². The Hall–Kier alpha value is -1.89. The first-order valence-corrected chi connectivity index (χ1v) is 10.2. The fourth-order valence-corrected chi connectivity index (χ4v) is 2.74. The second-order valence-electron chi connectivity index (χ2n) is 5.92. The summed E-state index contributed by atoms with van der Waals surface area (Å²) in [6.45, 7) is 3.19. The summed E-state index contributed by atoms with van der Waals surface area (Å²) in [5, 5.41) is 3.92.